The second-order valence-corrected chi connectivity index (χ2v) is 6.25. The van der Waals surface area contributed by atoms with Crippen molar-refractivity contribution in [2.24, 2.45) is 0 Å². The SMILES string of the molecule is CCOCOc1ccccc1CCCCc1ccc2ccccc2c1. The quantitative estimate of drug-likeness (QED) is 0.365. The Balaban J connectivity index is 1.51. The summed E-state index contributed by atoms with van der Waals surface area (Å²) in [5.41, 5.74) is 2.68. The van der Waals surface area contributed by atoms with Gasteiger partial charge in [0.05, 0.1) is 0 Å². The Morgan fingerprint density at radius 2 is 1.52 bits per heavy atom. The molecule has 0 aliphatic rings. The summed E-state index contributed by atoms with van der Waals surface area (Å²) in [7, 11) is 0. The smallest absolute Gasteiger partial charge is 0.189 e. The van der Waals surface area contributed by atoms with Gasteiger partial charge in [-0.15, -0.1) is 0 Å². The van der Waals surface area contributed by atoms with Crippen LogP contribution in [0, 0.1) is 0 Å². The minimum absolute atomic E-state index is 0.324. The Kier molecular flexibility index (Phi) is 6.47. The molecule has 2 heteroatoms. The third-order valence-electron chi connectivity index (χ3n) is 4.45. The normalized spacial score (nSPS) is 10.9. The highest BCUT2D eigenvalue weighted by molar-refractivity contribution is 5.82. The van der Waals surface area contributed by atoms with Crippen molar-refractivity contribution in [2.45, 2.75) is 32.6 Å². The van der Waals surface area contributed by atoms with Gasteiger partial charge in [0.15, 0.2) is 6.79 Å². The molecular weight excluding hydrogens is 308 g/mol. The average molecular weight is 334 g/mol. The molecule has 3 aromatic rings. The molecule has 0 atom stereocenters. The fourth-order valence-corrected chi connectivity index (χ4v) is 3.08. The van der Waals surface area contributed by atoms with Gasteiger partial charge >= 0.3 is 0 Å². The maximum Gasteiger partial charge on any atom is 0.189 e. The monoisotopic (exact) mass is 334 g/mol. The number of ether oxygens (including phenoxy) is 2. The molecule has 2 nitrogen and oxygen atoms in total. The summed E-state index contributed by atoms with van der Waals surface area (Å²) >= 11 is 0. The number of rotatable bonds is 9. The number of hydrogen-bond acceptors (Lipinski definition) is 2. The van der Waals surface area contributed by atoms with Gasteiger partial charge in [-0.2, -0.15) is 0 Å². The van der Waals surface area contributed by atoms with Gasteiger partial charge in [0, 0.05) is 6.61 Å². The Morgan fingerprint density at radius 1 is 0.760 bits per heavy atom. The van der Waals surface area contributed by atoms with E-state index in [1.807, 2.05) is 19.1 Å². The molecule has 0 aliphatic heterocycles. The first-order valence-corrected chi connectivity index (χ1v) is 9.13. The average Bonchev–Trinajstić information content (AvgIpc) is 2.66. The molecule has 0 spiro atoms. The third-order valence-corrected chi connectivity index (χ3v) is 4.45. The molecule has 0 fully saturated rings. The molecular formula is C23H26O2. The number of fused-ring (bicyclic) bond motifs is 1. The van der Waals surface area contributed by atoms with Crippen LogP contribution in [0.25, 0.3) is 10.8 Å². The Hall–Kier alpha value is -2.32. The molecule has 130 valence electrons. The molecule has 0 aromatic heterocycles. The third kappa shape index (κ3) is 5.07. The molecule has 3 rings (SSSR count). The van der Waals surface area contributed by atoms with E-state index in [9.17, 15) is 0 Å². The van der Waals surface area contributed by atoms with Crippen LogP contribution in [-0.4, -0.2) is 13.4 Å². The molecule has 25 heavy (non-hydrogen) atoms. The lowest BCUT2D eigenvalue weighted by Gasteiger charge is -2.11. The van der Waals surface area contributed by atoms with Crippen LogP contribution < -0.4 is 4.74 Å². The van der Waals surface area contributed by atoms with E-state index in [-0.39, 0.29) is 0 Å². The van der Waals surface area contributed by atoms with E-state index >= 15 is 0 Å². The zero-order valence-corrected chi connectivity index (χ0v) is 14.9. The van der Waals surface area contributed by atoms with Crippen LogP contribution in [-0.2, 0) is 17.6 Å². The van der Waals surface area contributed by atoms with Gasteiger partial charge in [0.25, 0.3) is 0 Å². The number of aryl methyl sites for hydroxylation is 2. The fraction of sp³-hybridized carbons (Fsp3) is 0.304. The van der Waals surface area contributed by atoms with Gasteiger partial charge in [-0.1, -0.05) is 60.7 Å². The number of hydrogen-bond donors (Lipinski definition) is 0. The molecule has 0 aliphatic carbocycles. The molecule has 0 saturated carbocycles. The highest BCUT2D eigenvalue weighted by Crippen LogP contribution is 2.21. The second kappa shape index (κ2) is 9.24. The van der Waals surface area contributed by atoms with E-state index in [0.29, 0.717) is 13.4 Å². The first-order chi connectivity index (χ1) is 12.4. The van der Waals surface area contributed by atoms with Crippen molar-refractivity contribution >= 4 is 10.8 Å². The van der Waals surface area contributed by atoms with E-state index in [1.54, 1.807) is 0 Å². The van der Waals surface area contributed by atoms with Gasteiger partial charge < -0.3 is 9.47 Å². The van der Waals surface area contributed by atoms with E-state index < -0.39 is 0 Å². The maximum absolute atomic E-state index is 5.72. The van der Waals surface area contributed by atoms with Gasteiger partial charge in [-0.3, -0.25) is 0 Å². The summed E-state index contributed by atoms with van der Waals surface area (Å²) in [4.78, 5) is 0. The molecule has 0 amide bonds. The van der Waals surface area contributed by atoms with Crippen LogP contribution in [0.2, 0.25) is 0 Å². The molecule has 0 unspecified atom stereocenters. The Morgan fingerprint density at radius 3 is 2.40 bits per heavy atom. The van der Waals surface area contributed by atoms with Gasteiger partial charge in [-0.05, 0) is 60.6 Å². The van der Waals surface area contributed by atoms with Crippen LogP contribution in [0.4, 0.5) is 0 Å². The topological polar surface area (TPSA) is 18.5 Å². The summed E-state index contributed by atoms with van der Waals surface area (Å²) in [6.45, 7) is 2.97. The predicted octanol–water partition coefficient (Wildman–Crippen LogP) is 5.78. The summed E-state index contributed by atoms with van der Waals surface area (Å²) in [6.07, 6.45) is 4.49. The van der Waals surface area contributed by atoms with Gasteiger partial charge in [0.2, 0.25) is 0 Å². The lowest BCUT2D eigenvalue weighted by molar-refractivity contribution is 0.0218. The second-order valence-electron chi connectivity index (χ2n) is 6.25. The Labute approximate surface area is 150 Å². The standard InChI is InChI=1S/C23H26O2/c1-2-24-18-25-23-14-8-7-12-21(23)11-4-3-9-19-15-16-20-10-5-6-13-22(20)17-19/h5-8,10,12-17H,2-4,9,11,18H2,1H3. The van der Waals surface area contributed by atoms with Crippen LogP contribution in [0.1, 0.15) is 30.9 Å². The van der Waals surface area contributed by atoms with E-state index in [1.165, 1.54) is 28.3 Å². The molecule has 0 radical (unpaired) electrons. The van der Waals surface area contributed by atoms with E-state index in [2.05, 4.69) is 54.6 Å². The van der Waals surface area contributed by atoms with Crippen molar-refractivity contribution < 1.29 is 9.47 Å². The summed E-state index contributed by atoms with van der Waals surface area (Å²) in [5.74, 6) is 0.946. The van der Waals surface area contributed by atoms with Crippen LogP contribution in [0.5, 0.6) is 5.75 Å². The van der Waals surface area contributed by atoms with Crippen LogP contribution in [0.3, 0.4) is 0 Å². The van der Waals surface area contributed by atoms with Gasteiger partial charge in [0.1, 0.15) is 5.75 Å². The predicted molar refractivity (Wildman–Crippen MR) is 104 cm³/mol. The van der Waals surface area contributed by atoms with Crippen molar-refractivity contribution in [3.05, 3.63) is 77.9 Å². The first-order valence-electron chi connectivity index (χ1n) is 9.13. The van der Waals surface area contributed by atoms with Crippen molar-refractivity contribution in [3.63, 3.8) is 0 Å². The lowest BCUT2D eigenvalue weighted by atomic mass is 10.0. The van der Waals surface area contributed by atoms with Crippen LogP contribution in [0.15, 0.2) is 66.7 Å². The molecule has 0 saturated heterocycles. The zero-order valence-electron chi connectivity index (χ0n) is 14.9. The summed E-state index contributed by atoms with van der Waals surface area (Å²) in [5, 5.41) is 2.64. The summed E-state index contributed by atoms with van der Waals surface area (Å²) < 4.78 is 11.0. The minimum atomic E-state index is 0.324. The molecule has 3 aromatic carbocycles. The highest BCUT2D eigenvalue weighted by Gasteiger charge is 2.03. The maximum atomic E-state index is 5.72. The zero-order chi connectivity index (χ0) is 17.3. The molecule has 0 heterocycles. The highest BCUT2D eigenvalue weighted by atomic mass is 16.7. The van der Waals surface area contributed by atoms with Gasteiger partial charge in [-0.25, -0.2) is 0 Å². The minimum Gasteiger partial charge on any atom is -0.467 e. The summed E-state index contributed by atoms with van der Waals surface area (Å²) in [6, 6.07) is 23.6. The molecule has 0 N–H and O–H groups in total. The van der Waals surface area contributed by atoms with Crippen molar-refractivity contribution in [1.29, 1.82) is 0 Å². The number of para-hydroxylation sites is 1. The van der Waals surface area contributed by atoms with E-state index in [0.717, 1.165) is 25.0 Å². The lowest BCUT2D eigenvalue weighted by Crippen LogP contribution is -2.04. The molecule has 0 bridgehead atoms. The first kappa shape index (κ1) is 17.5. The van der Waals surface area contributed by atoms with Crippen LogP contribution >= 0.6 is 0 Å². The number of unbranched alkanes of at least 4 members (excludes halogenated alkanes) is 1. The largest absolute Gasteiger partial charge is 0.467 e. The van der Waals surface area contributed by atoms with E-state index in [4.69, 9.17) is 9.47 Å². The fourth-order valence-electron chi connectivity index (χ4n) is 3.08. The van der Waals surface area contributed by atoms with Crippen molar-refractivity contribution in [1.82, 2.24) is 0 Å². The number of benzene rings is 3. The Bertz CT molecular complexity index is 795. The van der Waals surface area contributed by atoms with Crippen molar-refractivity contribution in [3.8, 4) is 5.75 Å². The van der Waals surface area contributed by atoms with Crippen molar-refractivity contribution in [2.75, 3.05) is 13.4 Å².